The SMILES string of the molecule is Cc1cn2c(C)ccc(C)c2n1. The Hall–Kier alpha value is -1.31. The summed E-state index contributed by atoms with van der Waals surface area (Å²) < 4.78 is 2.13. The second-order valence-electron chi connectivity index (χ2n) is 3.23. The molecule has 0 spiro atoms. The number of pyridine rings is 1. The van der Waals surface area contributed by atoms with Crippen molar-refractivity contribution >= 4 is 5.65 Å². The number of aryl methyl sites for hydroxylation is 3. The summed E-state index contributed by atoms with van der Waals surface area (Å²) in [5, 5.41) is 0. The normalized spacial score (nSPS) is 10.9. The Labute approximate surface area is 71.9 Å². The van der Waals surface area contributed by atoms with Crippen LogP contribution in [0.4, 0.5) is 0 Å². The molecule has 0 radical (unpaired) electrons. The molecule has 0 unspecified atom stereocenters. The largest absolute Gasteiger partial charge is 0.304 e. The Balaban J connectivity index is 2.93. The summed E-state index contributed by atoms with van der Waals surface area (Å²) >= 11 is 0. The molecule has 2 heteroatoms. The predicted octanol–water partition coefficient (Wildman–Crippen LogP) is 2.26. The molecule has 2 aromatic rings. The Morgan fingerprint density at radius 2 is 1.92 bits per heavy atom. The van der Waals surface area contributed by atoms with E-state index in [0.717, 1.165) is 11.3 Å². The second kappa shape index (κ2) is 2.34. The van der Waals surface area contributed by atoms with Crippen molar-refractivity contribution in [2.45, 2.75) is 20.8 Å². The highest BCUT2D eigenvalue weighted by Gasteiger charge is 2.01. The molecular formula is C10H12N2. The molecule has 0 aromatic carbocycles. The molecule has 12 heavy (non-hydrogen) atoms. The van der Waals surface area contributed by atoms with E-state index in [2.05, 4.69) is 41.6 Å². The molecule has 0 bridgehead atoms. The van der Waals surface area contributed by atoms with Gasteiger partial charge in [0.25, 0.3) is 0 Å². The third-order valence-corrected chi connectivity index (χ3v) is 2.13. The van der Waals surface area contributed by atoms with E-state index in [1.807, 2.05) is 6.92 Å². The van der Waals surface area contributed by atoms with E-state index in [-0.39, 0.29) is 0 Å². The Bertz CT molecular complexity index is 388. The summed E-state index contributed by atoms with van der Waals surface area (Å²) in [5.74, 6) is 0. The van der Waals surface area contributed by atoms with Crippen molar-refractivity contribution in [3.8, 4) is 0 Å². The Morgan fingerprint density at radius 1 is 1.17 bits per heavy atom. The van der Waals surface area contributed by atoms with Crippen LogP contribution in [0.2, 0.25) is 0 Å². The van der Waals surface area contributed by atoms with Gasteiger partial charge in [-0.25, -0.2) is 4.98 Å². The highest BCUT2D eigenvalue weighted by Crippen LogP contribution is 2.12. The minimum atomic E-state index is 1.08. The van der Waals surface area contributed by atoms with Gasteiger partial charge < -0.3 is 4.40 Å². The number of nitrogens with zero attached hydrogens (tertiary/aromatic N) is 2. The van der Waals surface area contributed by atoms with Gasteiger partial charge in [-0.05, 0) is 32.4 Å². The summed E-state index contributed by atoms with van der Waals surface area (Å²) in [5.41, 5.74) is 4.62. The average molecular weight is 160 g/mol. The zero-order chi connectivity index (χ0) is 8.72. The molecule has 0 N–H and O–H groups in total. The number of imidazole rings is 1. The van der Waals surface area contributed by atoms with Gasteiger partial charge in [0.15, 0.2) is 0 Å². The molecule has 0 aliphatic carbocycles. The molecule has 0 aliphatic rings. The lowest BCUT2D eigenvalue weighted by Gasteiger charge is -2.00. The standard InChI is InChI=1S/C10H12N2/c1-7-4-5-9(3)12-6-8(2)11-10(7)12/h4-6H,1-3H3. The van der Waals surface area contributed by atoms with Gasteiger partial charge in [0, 0.05) is 11.9 Å². The molecular weight excluding hydrogens is 148 g/mol. The van der Waals surface area contributed by atoms with Gasteiger partial charge in [0.1, 0.15) is 5.65 Å². The minimum Gasteiger partial charge on any atom is -0.304 e. The highest BCUT2D eigenvalue weighted by molar-refractivity contribution is 5.49. The van der Waals surface area contributed by atoms with Crippen LogP contribution in [0.5, 0.6) is 0 Å². The van der Waals surface area contributed by atoms with E-state index >= 15 is 0 Å². The van der Waals surface area contributed by atoms with Crippen LogP contribution in [0.15, 0.2) is 18.3 Å². The van der Waals surface area contributed by atoms with E-state index in [1.54, 1.807) is 0 Å². The van der Waals surface area contributed by atoms with Crippen LogP contribution in [0.3, 0.4) is 0 Å². The first kappa shape index (κ1) is 7.35. The fourth-order valence-corrected chi connectivity index (χ4v) is 1.45. The maximum Gasteiger partial charge on any atom is 0.140 e. The van der Waals surface area contributed by atoms with E-state index in [9.17, 15) is 0 Å². The number of hydrogen-bond donors (Lipinski definition) is 0. The van der Waals surface area contributed by atoms with Gasteiger partial charge in [-0.3, -0.25) is 0 Å². The van der Waals surface area contributed by atoms with E-state index < -0.39 is 0 Å². The van der Waals surface area contributed by atoms with Crippen molar-refractivity contribution in [1.29, 1.82) is 0 Å². The zero-order valence-corrected chi connectivity index (χ0v) is 7.63. The summed E-state index contributed by atoms with van der Waals surface area (Å²) in [6.07, 6.45) is 2.07. The van der Waals surface area contributed by atoms with Crippen molar-refractivity contribution < 1.29 is 0 Å². The minimum absolute atomic E-state index is 1.08. The summed E-state index contributed by atoms with van der Waals surface area (Å²) in [6.45, 7) is 6.20. The first-order valence-corrected chi connectivity index (χ1v) is 4.10. The first-order valence-electron chi connectivity index (χ1n) is 4.10. The van der Waals surface area contributed by atoms with Crippen LogP contribution in [-0.2, 0) is 0 Å². The highest BCUT2D eigenvalue weighted by atomic mass is 15.0. The van der Waals surface area contributed by atoms with Gasteiger partial charge in [0.05, 0.1) is 5.69 Å². The van der Waals surface area contributed by atoms with Crippen molar-refractivity contribution in [1.82, 2.24) is 9.38 Å². The average Bonchev–Trinajstić information content (AvgIpc) is 2.41. The first-order chi connectivity index (χ1) is 5.68. The van der Waals surface area contributed by atoms with Gasteiger partial charge in [-0.15, -0.1) is 0 Å². The van der Waals surface area contributed by atoms with Crippen molar-refractivity contribution in [3.63, 3.8) is 0 Å². The molecule has 0 atom stereocenters. The molecule has 62 valence electrons. The molecule has 2 aromatic heterocycles. The third-order valence-electron chi connectivity index (χ3n) is 2.13. The predicted molar refractivity (Wildman–Crippen MR) is 49.4 cm³/mol. The monoisotopic (exact) mass is 160 g/mol. The van der Waals surface area contributed by atoms with Crippen molar-refractivity contribution in [3.05, 3.63) is 35.3 Å². The molecule has 0 amide bonds. The zero-order valence-electron chi connectivity index (χ0n) is 7.63. The topological polar surface area (TPSA) is 17.3 Å². The molecule has 2 rings (SSSR count). The molecule has 0 aliphatic heterocycles. The van der Waals surface area contributed by atoms with E-state index in [4.69, 9.17) is 0 Å². The van der Waals surface area contributed by atoms with Crippen molar-refractivity contribution in [2.24, 2.45) is 0 Å². The summed E-state index contributed by atoms with van der Waals surface area (Å²) in [4.78, 5) is 4.44. The van der Waals surface area contributed by atoms with Gasteiger partial charge in [-0.2, -0.15) is 0 Å². The molecule has 2 nitrogen and oxygen atoms in total. The number of aromatic nitrogens is 2. The van der Waals surface area contributed by atoms with Crippen LogP contribution in [0, 0.1) is 20.8 Å². The summed E-state index contributed by atoms with van der Waals surface area (Å²) in [6, 6.07) is 4.22. The van der Waals surface area contributed by atoms with Gasteiger partial charge in [-0.1, -0.05) is 6.07 Å². The number of rotatable bonds is 0. The fraction of sp³-hybridized carbons (Fsp3) is 0.300. The smallest absolute Gasteiger partial charge is 0.140 e. The van der Waals surface area contributed by atoms with Gasteiger partial charge >= 0.3 is 0 Å². The van der Waals surface area contributed by atoms with Crippen LogP contribution in [0.25, 0.3) is 5.65 Å². The quantitative estimate of drug-likeness (QED) is 0.577. The Morgan fingerprint density at radius 3 is 2.58 bits per heavy atom. The lowest BCUT2D eigenvalue weighted by atomic mass is 10.2. The lowest BCUT2D eigenvalue weighted by Crippen LogP contribution is -1.90. The third kappa shape index (κ3) is 0.916. The summed E-state index contributed by atoms with van der Waals surface area (Å²) in [7, 11) is 0. The fourth-order valence-electron chi connectivity index (χ4n) is 1.45. The van der Waals surface area contributed by atoms with Crippen LogP contribution >= 0.6 is 0 Å². The maximum atomic E-state index is 4.44. The maximum absolute atomic E-state index is 4.44. The van der Waals surface area contributed by atoms with E-state index in [1.165, 1.54) is 11.3 Å². The molecule has 0 saturated carbocycles. The van der Waals surface area contributed by atoms with Crippen LogP contribution in [0.1, 0.15) is 17.0 Å². The van der Waals surface area contributed by atoms with Gasteiger partial charge in [0.2, 0.25) is 0 Å². The van der Waals surface area contributed by atoms with Crippen LogP contribution < -0.4 is 0 Å². The second-order valence-corrected chi connectivity index (χ2v) is 3.23. The van der Waals surface area contributed by atoms with Crippen LogP contribution in [-0.4, -0.2) is 9.38 Å². The molecule has 2 heterocycles. The van der Waals surface area contributed by atoms with Crippen molar-refractivity contribution in [2.75, 3.05) is 0 Å². The molecule has 0 fully saturated rings. The lowest BCUT2D eigenvalue weighted by molar-refractivity contribution is 1.08. The van der Waals surface area contributed by atoms with E-state index in [0.29, 0.717) is 0 Å². The molecule has 0 saturated heterocycles. The Kier molecular flexibility index (Phi) is 1.43. The number of hydrogen-bond acceptors (Lipinski definition) is 1. The number of fused-ring (bicyclic) bond motifs is 1.